The maximum atomic E-state index is 6.08. The van der Waals surface area contributed by atoms with Crippen LogP contribution in [-0.4, -0.2) is 16.6 Å². The van der Waals surface area contributed by atoms with Gasteiger partial charge in [0.2, 0.25) is 5.28 Å². The molecule has 1 aromatic carbocycles. The highest BCUT2D eigenvalue weighted by Gasteiger charge is 2.16. The summed E-state index contributed by atoms with van der Waals surface area (Å²) >= 11 is 11.9. The van der Waals surface area contributed by atoms with E-state index in [-0.39, 0.29) is 5.28 Å². The summed E-state index contributed by atoms with van der Waals surface area (Å²) in [5.74, 6) is 0.444. The molecule has 0 atom stereocenters. The molecule has 0 aliphatic heterocycles. The highest BCUT2D eigenvalue weighted by molar-refractivity contribution is 6.33. The zero-order valence-corrected chi connectivity index (χ0v) is 11.7. The van der Waals surface area contributed by atoms with Crippen LogP contribution in [0, 0.1) is 0 Å². The lowest BCUT2D eigenvalue weighted by molar-refractivity contribution is 0.343. The number of hydrogen-bond acceptors (Lipinski definition) is 5. The van der Waals surface area contributed by atoms with Crippen molar-refractivity contribution in [2.45, 2.75) is 6.92 Å². The molecule has 100 valence electrons. The van der Waals surface area contributed by atoms with Gasteiger partial charge in [-0.3, -0.25) is 0 Å². The van der Waals surface area contributed by atoms with Crippen LogP contribution >= 0.6 is 23.2 Å². The fourth-order valence-electron chi connectivity index (χ4n) is 1.64. The fourth-order valence-corrected chi connectivity index (χ4v) is 1.96. The van der Waals surface area contributed by atoms with E-state index in [0.29, 0.717) is 40.0 Å². The number of hydrogen-bond donors (Lipinski definition) is 2. The number of nitrogens with two attached hydrogens (primary N) is 2. The molecule has 7 heteroatoms. The van der Waals surface area contributed by atoms with Crippen molar-refractivity contribution in [2.24, 2.45) is 0 Å². The molecule has 1 aromatic heterocycles. The number of halogens is 2. The maximum absolute atomic E-state index is 6.08. The average molecular weight is 299 g/mol. The number of anilines is 2. The average Bonchev–Trinajstić information content (AvgIpc) is 2.39. The van der Waals surface area contributed by atoms with Crippen molar-refractivity contribution in [3.63, 3.8) is 0 Å². The molecule has 2 aromatic rings. The zero-order chi connectivity index (χ0) is 14.0. The number of nitrogens with zero attached hydrogens (tertiary/aromatic N) is 2. The molecule has 0 bridgehead atoms. The second-order valence-electron chi connectivity index (χ2n) is 3.71. The summed E-state index contributed by atoms with van der Waals surface area (Å²) in [5.41, 5.74) is 13.6. The predicted molar refractivity (Wildman–Crippen MR) is 77.5 cm³/mol. The van der Waals surface area contributed by atoms with Crippen molar-refractivity contribution >= 4 is 34.6 Å². The zero-order valence-electron chi connectivity index (χ0n) is 10.2. The van der Waals surface area contributed by atoms with Crippen LogP contribution in [0.25, 0.3) is 11.3 Å². The van der Waals surface area contributed by atoms with Crippen molar-refractivity contribution in [3.05, 3.63) is 28.6 Å². The lowest BCUT2D eigenvalue weighted by Gasteiger charge is -2.14. The van der Waals surface area contributed by atoms with Crippen LogP contribution in [-0.2, 0) is 0 Å². The molecule has 0 spiro atoms. The van der Waals surface area contributed by atoms with Gasteiger partial charge in [0.1, 0.15) is 0 Å². The van der Waals surface area contributed by atoms with Gasteiger partial charge in [-0.1, -0.05) is 11.6 Å². The van der Waals surface area contributed by atoms with Gasteiger partial charge in [0, 0.05) is 5.56 Å². The molecule has 2 rings (SSSR count). The summed E-state index contributed by atoms with van der Waals surface area (Å²) < 4.78 is 5.53. The molecule has 0 aliphatic rings. The third-order valence-electron chi connectivity index (χ3n) is 2.49. The molecule has 0 fully saturated rings. The summed E-state index contributed by atoms with van der Waals surface area (Å²) in [6.07, 6.45) is 1.43. The topological polar surface area (TPSA) is 87.0 Å². The highest BCUT2D eigenvalue weighted by Crippen LogP contribution is 2.40. The van der Waals surface area contributed by atoms with Gasteiger partial charge in [-0.25, -0.2) is 9.97 Å². The van der Waals surface area contributed by atoms with Gasteiger partial charge >= 0.3 is 0 Å². The first kappa shape index (κ1) is 13.7. The van der Waals surface area contributed by atoms with E-state index in [9.17, 15) is 0 Å². The van der Waals surface area contributed by atoms with Crippen molar-refractivity contribution in [1.29, 1.82) is 0 Å². The van der Waals surface area contributed by atoms with E-state index in [1.807, 2.05) is 6.92 Å². The molecular weight excluding hydrogens is 287 g/mol. The fraction of sp³-hybridized carbons (Fsp3) is 0.167. The summed E-state index contributed by atoms with van der Waals surface area (Å²) in [5, 5.41) is 0.451. The lowest BCUT2D eigenvalue weighted by Crippen LogP contribution is -2.03. The van der Waals surface area contributed by atoms with Gasteiger partial charge in [-0.2, -0.15) is 0 Å². The molecule has 1 heterocycles. The molecular formula is C12H12Cl2N4O. The van der Waals surface area contributed by atoms with E-state index < -0.39 is 0 Å². The van der Waals surface area contributed by atoms with Crippen LogP contribution in [0.4, 0.5) is 11.4 Å². The van der Waals surface area contributed by atoms with Crippen LogP contribution in [0.15, 0.2) is 18.3 Å². The van der Waals surface area contributed by atoms with Gasteiger partial charge in [0.05, 0.1) is 34.9 Å². The quantitative estimate of drug-likeness (QED) is 0.672. The second-order valence-corrected chi connectivity index (χ2v) is 4.46. The van der Waals surface area contributed by atoms with Crippen LogP contribution in [0.2, 0.25) is 10.3 Å². The predicted octanol–water partition coefficient (Wildman–Crippen LogP) is 3.01. The van der Waals surface area contributed by atoms with Gasteiger partial charge in [0.15, 0.2) is 5.75 Å². The number of benzene rings is 1. The SMILES string of the molecule is CCOc1c(-c2nc(Cl)ncc2Cl)ccc(N)c1N. The minimum atomic E-state index is 0.0947. The Hall–Kier alpha value is -1.72. The smallest absolute Gasteiger partial charge is 0.222 e. The van der Waals surface area contributed by atoms with E-state index in [0.717, 1.165) is 0 Å². The first-order valence-electron chi connectivity index (χ1n) is 5.53. The standard InChI is InChI=1S/C12H12Cl2N4O/c1-2-19-11-6(3-4-8(15)9(11)16)10-7(13)5-17-12(14)18-10/h3-5H,2,15-16H2,1H3. The largest absolute Gasteiger partial charge is 0.491 e. The molecule has 0 amide bonds. The van der Waals surface area contributed by atoms with E-state index in [1.165, 1.54) is 6.20 Å². The highest BCUT2D eigenvalue weighted by atomic mass is 35.5. The molecule has 0 radical (unpaired) electrons. The van der Waals surface area contributed by atoms with Crippen molar-refractivity contribution in [3.8, 4) is 17.0 Å². The van der Waals surface area contributed by atoms with E-state index in [4.69, 9.17) is 39.4 Å². The number of aromatic nitrogens is 2. The molecule has 0 saturated heterocycles. The van der Waals surface area contributed by atoms with Crippen LogP contribution in [0.3, 0.4) is 0 Å². The minimum absolute atomic E-state index is 0.0947. The number of rotatable bonds is 3. The Labute approximate surface area is 120 Å². The minimum Gasteiger partial charge on any atom is -0.491 e. The second kappa shape index (κ2) is 5.50. The molecule has 0 saturated carbocycles. The van der Waals surface area contributed by atoms with Crippen LogP contribution < -0.4 is 16.2 Å². The Morgan fingerprint density at radius 3 is 2.68 bits per heavy atom. The summed E-state index contributed by atoms with van der Waals surface area (Å²) in [6.45, 7) is 2.29. The third kappa shape index (κ3) is 2.67. The van der Waals surface area contributed by atoms with Crippen LogP contribution in [0.1, 0.15) is 6.92 Å². The number of nitrogen functional groups attached to an aromatic ring is 2. The van der Waals surface area contributed by atoms with E-state index >= 15 is 0 Å². The normalized spacial score (nSPS) is 10.5. The molecule has 5 nitrogen and oxygen atoms in total. The van der Waals surface area contributed by atoms with Crippen molar-refractivity contribution in [2.75, 3.05) is 18.1 Å². The van der Waals surface area contributed by atoms with Gasteiger partial charge in [-0.05, 0) is 30.7 Å². The Kier molecular flexibility index (Phi) is 3.97. The third-order valence-corrected chi connectivity index (χ3v) is 2.95. The van der Waals surface area contributed by atoms with Crippen molar-refractivity contribution < 1.29 is 4.74 Å². The van der Waals surface area contributed by atoms with E-state index in [2.05, 4.69) is 9.97 Å². The summed E-state index contributed by atoms with van der Waals surface area (Å²) in [4.78, 5) is 7.91. The summed E-state index contributed by atoms with van der Waals surface area (Å²) in [7, 11) is 0. The Morgan fingerprint density at radius 1 is 1.26 bits per heavy atom. The van der Waals surface area contributed by atoms with Crippen LogP contribution in [0.5, 0.6) is 5.75 Å². The van der Waals surface area contributed by atoms with E-state index in [1.54, 1.807) is 12.1 Å². The Morgan fingerprint density at radius 2 is 2.00 bits per heavy atom. The number of ether oxygens (including phenoxy) is 1. The van der Waals surface area contributed by atoms with Crippen molar-refractivity contribution in [1.82, 2.24) is 9.97 Å². The Balaban J connectivity index is 2.67. The molecule has 0 unspecified atom stereocenters. The maximum Gasteiger partial charge on any atom is 0.222 e. The first-order chi connectivity index (χ1) is 9.04. The van der Waals surface area contributed by atoms with Gasteiger partial charge < -0.3 is 16.2 Å². The van der Waals surface area contributed by atoms with Gasteiger partial charge in [0.25, 0.3) is 0 Å². The lowest BCUT2D eigenvalue weighted by atomic mass is 10.1. The van der Waals surface area contributed by atoms with Gasteiger partial charge in [-0.15, -0.1) is 0 Å². The molecule has 0 aliphatic carbocycles. The molecule has 4 N–H and O–H groups in total. The Bertz CT molecular complexity index is 619. The summed E-state index contributed by atoms with van der Waals surface area (Å²) in [6, 6.07) is 3.40. The first-order valence-corrected chi connectivity index (χ1v) is 6.29. The monoisotopic (exact) mass is 298 g/mol. The molecule has 19 heavy (non-hydrogen) atoms.